The van der Waals surface area contributed by atoms with Crippen LogP contribution in [0.15, 0.2) is 6.33 Å². The number of aliphatic carboxylic acids is 1. The molecule has 1 saturated heterocycles. The molecule has 1 N–H and O–H groups in total. The lowest BCUT2D eigenvalue weighted by Crippen LogP contribution is -2.38. The smallest absolute Gasteiger partial charge is 0.307 e. The van der Waals surface area contributed by atoms with Gasteiger partial charge in [0.15, 0.2) is 0 Å². The molecular formula is C14H22N4O2. The summed E-state index contributed by atoms with van der Waals surface area (Å²) in [6, 6.07) is 0.542. The monoisotopic (exact) mass is 278 g/mol. The first-order valence-electron chi connectivity index (χ1n) is 7.57. The van der Waals surface area contributed by atoms with Gasteiger partial charge in [-0.1, -0.05) is 12.8 Å². The van der Waals surface area contributed by atoms with E-state index in [1.54, 1.807) is 0 Å². The van der Waals surface area contributed by atoms with Crippen LogP contribution in [0.4, 0.5) is 0 Å². The molecular weight excluding hydrogens is 256 g/mol. The largest absolute Gasteiger partial charge is 0.481 e. The second-order valence-corrected chi connectivity index (χ2v) is 6.01. The molecule has 1 aromatic heterocycles. The van der Waals surface area contributed by atoms with Crippen LogP contribution in [-0.2, 0) is 11.3 Å². The van der Waals surface area contributed by atoms with Crippen molar-refractivity contribution < 1.29 is 9.90 Å². The van der Waals surface area contributed by atoms with Crippen molar-refractivity contribution in [2.45, 2.75) is 51.1 Å². The fraction of sp³-hybridized carbons (Fsp3) is 0.786. The maximum atomic E-state index is 11.1. The van der Waals surface area contributed by atoms with Gasteiger partial charge >= 0.3 is 5.97 Å². The third kappa shape index (κ3) is 2.85. The highest BCUT2D eigenvalue weighted by Gasteiger charge is 2.27. The molecule has 2 heterocycles. The van der Waals surface area contributed by atoms with Crippen molar-refractivity contribution in [1.82, 2.24) is 19.7 Å². The molecule has 3 rings (SSSR count). The lowest BCUT2D eigenvalue weighted by molar-refractivity contribution is -0.143. The zero-order chi connectivity index (χ0) is 13.9. The fourth-order valence-electron chi connectivity index (χ4n) is 3.47. The molecule has 0 radical (unpaired) electrons. The normalized spacial score (nSPS) is 25.1. The molecule has 1 atom stereocenters. The molecule has 1 aliphatic heterocycles. The van der Waals surface area contributed by atoms with Crippen molar-refractivity contribution in [3.05, 3.63) is 12.2 Å². The maximum Gasteiger partial charge on any atom is 0.307 e. The zero-order valence-electron chi connectivity index (χ0n) is 11.7. The standard InChI is InChI=1S/C14H22N4O2/c19-14(20)11-4-3-7-17(8-11)9-13-16-15-10-18(13)12-5-1-2-6-12/h10-12H,1-9H2,(H,19,20). The minimum absolute atomic E-state index is 0.230. The van der Waals surface area contributed by atoms with E-state index in [0.29, 0.717) is 12.6 Å². The van der Waals surface area contributed by atoms with E-state index in [0.717, 1.165) is 31.8 Å². The van der Waals surface area contributed by atoms with Crippen molar-refractivity contribution in [1.29, 1.82) is 0 Å². The molecule has 6 nitrogen and oxygen atoms in total. The predicted molar refractivity (Wildman–Crippen MR) is 73.2 cm³/mol. The highest BCUT2D eigenvalue weighted by atomic mass is 16.4. The third-order valence-electron chi connectivity index (χ3n) is 4.59. The molecule has 0 spiro atoms. The first kappa shape index (κ1) is 13.5. The summed E-state index contributed by atoms with van der Waals surface area (Å²) in [5.41, 5.74) is 0. The van der Waals surface area contributed by atoms with Crippen LogP contribution in [0.3, 0.4) is 0 Å². The van der Waals surface area contributed by atoms with Gasteiger partial charge in [-0.15, -0.1) is 10.2 Å². The summed E-state index contributed by atoms with van der Waals surface area (Å²) in [5, 5.41) is 17.5. The first-order valence-corrected chi connectivity index (χ1v) is 7.57. The van der Waals surface area contributed by atoms with Crippen LogP contribution in [0.2, 0.25) is 0 Å². The number of nitrogens with zero attached hydrogens (tertiary/aromatic N) is 4. The molecule has 110 valence electrons. The van der Waals surface area contributed by atoms with E-state index in [1.807, 2.05) is 6.33 Å². The molecule has 1 unspecified atom stereocenters. The van der Waals surface area contributed by atoms with Crippen LogP contribution in [-0.4, -0.2) is 43.8 Å². The quantitative estimate of drug-likeness (QED) is 0.907. The van der Waals surface area contributed by atoms with Gasteiger partial charge in [0.1, 0.15) is 12.2 Å². The first-order chi connectivity index (χ1) is 9.74. The van der Waals surface area contributed by atoms with Gasteiger partial charge in [0, 0.05) is 12.6 Å². The number of carboxylic acids is 1. The summed E-state index contributed by atoms with van der Waals surface area (Å²) in [4.78, 5) is 13.3. The Bertz CT molecular complexity index is 467. The second kappa shape index (κ2) is 5.91. The zero-order valence-corrected chi connectivity index (χ0v) is 11.7. The Hall–Kier alpha value is -1.43. The van der Waals surface area contributed by atoms with Crippen molar-refractivity contribution in [2.24, 2.45) is 5.92 Å². The Morgan fingerprint density at radius 2 is 2.10 bits per heavy atom. The minimum atomic E-state index is -0.674. The highest BCUT2D eigenvalue weighted by molar-refractivity contribution is 5.70. The topological polar surface area (TPSA) is 71.2 Å². The van der Waals surface area contributed by atoms with Gasteiger partial charge in [-0.3, -0.25) is 9.69 Å². The Morgan fingerprint density at radius 1 is 1.30 bits per heavy atom. The molecule has 20 heavy (non-hydrogen) atoms. The van der Waals surface area contributed by atoms with Gasteiger partial charge in [-0.2, -0.15) is 0 Å². The molecule has 1 saturated carbocycles. The van der Waals surface area contributed by atoms with Crippen LogP contribution in [0, 0.1) is 5.92 Å². The molecule has 0 aromatic carbocycles. The van der Waals surface area contributed by atoms with Gasteiger partial charge in [0.25, 0.3) is 0 Å². The molecule has 6 heteroatoms. The van der Waals surface area contributed by atoms with Crippen molar-refractivity contribution in [3.8, 4) is 0 Å². The van der Waals surface area contributed by atoms with E-state index in [9.17, 15) is 4.79 Å². The van der Waals surface area contributed by atoms with Crippen LogP contribution < -0.4 is 0 Å². The molecule has 2 fully saturated rings. The number of carbonyl (C=O) groups is 1. The number of hydrogen-bond acceptors (Lipinski definition) is 4. The summed E-state index contributed by atoms with van der Waals surface area (Å²) in [5.74, 6) is 0.0847. The van der Waals surface area contributed by atoms with E-state index in [1.165, 1.54) is 25.7 Å². The van der Waals surface area contributed by atoms with Gasteiger partial charge in [-0.05, 0) is 32.2 Å². The number of carboxylic acid groups (broad SMARTS) is 1. The van der Waals surface area contributed by atoms with Crippen LogP contribution in [0.5, 0.6) is 0 Å². The average molecular weight is 278 g/mol. The molecule has 1 aliphatic carbocycles. The molecule has 0 bridgehead atoms. The van der Waals surface area contributed by atoms with Crippen LogP contribution in [0.25, 0.3) is 0 Å². The highest BCUT2D eigenvalue weighted by Crippen LogP contribution is 2.30. The predicted octanol–water partition coefficient (Wildman–Crippen LogP) is 1.69. The molecule has 0 amide bonds. The van der Waals surface area contributed by atoms with E-state index in [-0.39, 0.29) is 5.92 Å². The number of piperidine rings is 1. The van der Waals surface area contributed by atoms with Crippen LogP contribution in [0.1, 0.15) is 50.4 Å². The lowest BCUT2D eigenvalue weighted by Gasteiger charge is -2.30. The number of hydrogen-bond donors (Lipinski definition) is 1. The van der Waals surface area contributed by atoms with Crippen LogP contribution >= 0.6 is 0 Å². The summed E-state index contributed by atoms with van der Waals surface area (Å²) >= 11 is 0. The van der Waals surface area contributed by atoms with Gasteiger partial charge in [0.05, 0.1) is 12.5 Å². The summed E-state index contributed by atoms with van der Waals surface area (Å²) in [7, 11) is 0. The van der Waals surface area contributed by atoms with E-state index < -0.39 is 5.97 Å². The van der Waals surface area contributed by atoms with E-state index in [4.69, 9.17) is 5.11 Å². The number of rotatable bonds is 4. The Morgan fingerprint density at radius 3 is 2.85 bits per heavy atom. The summed E-state index contributed by atoms with van der Waals surface area (Å²) < 4.78 is 2.21. The Balaban J connectivity index is 1.65. The summed E-state index contributed by atoms with van der Waals surface area (Å²) in [6.45, 7) is 2.31. The van der Waals surface area contributed by atoms with Crippen molar-refractivity contribution in [3.63, 3.8) is 0 Å². The number of aromatic nitrogens is 3. The van der Waals surface area contributed by atoms with E-state index >= 15 is 0 Å². The molecule has 2 aliphatic rings. The SMILES string of the molecule is O=C(O)C1CCCN(Cc2nncn2C2CCCC2)C1. The van der Waals surface area contributed by atoms with Crippen molar-refractivity contribution in [2.75, 3.05) is 13.1 Å². The maximum absolute atomic E-state index is 11.1. The van der Waals surface area contributed by atoms with Gasteiger partial charge < -0.3 is 9.67 Å². The lowest BCUT2D eigenvalue weighted by atomic mass is 9.98. The second-order valence-electron chi connectivity index (χ2n) is 6.01. The van der Waals surface area contributed by atoms with Crippen molar-refractivity contribution >= 4 is 5.97 Å². The average Bonchev–Trinajstić information content (AvgIpc) is 3.09. The van der Waals surface area contributed by atoms with Gasteiger partial charge in [0.2, 0.25) is 0 Å². The third-order valence-corrected chi connectivity index (χ3v) is 4.59. The Kier molecular flexibility index (Phi) is 4.00. The minimum Gasteiger partial charge on any atom is -0.481 e. The Labute approximate surface area is 118 Å². The molecule has 1 aromatic rings. The summed E-state index contributed by atoms with van der Waals surface area (Å²) in [6.07, 6.45) is 8.57. The fourth-order valence-corrected chi connectivity index (χ4v) is 3.47. The number of likely N-dealkylation sites (tertiary alicyclic amines) is 1. The van der Waals surface area contributed by atoms with E-state index in [2.05, 4.69) is 19.7 Å². The van der Waals surface area contributed by atoms with Gasteiger partial charge in [-0.25, -0.2) is 0 Å².